The molecule has 238 valence electrons. The highest BCUT2D eigenvalue weighted by atomic mass is 19.1. The van der Waals surface area contributed by atoms with Crippen molar-refractivity contribution in [3.05, 3.63) is 74.3 Å². The smallest absolute Gasteiger partial charge is 0.273 e. The summed E-state index contributed by atoms with van der Waals surface area (Å²) in [6.07, 6.45) is 3.74. The van der Waals surface area contributed by atoms with Crippen LogP contribution in [-0.4, -0.2) is 76.3 Å². The van der Waals surface area contributed by atoms with E-state index in [-0.39, 0.29) is 39.5 Å². The summed E-state index contributed by atoms with van der Waals surface area (Å²) in [6, 6.07) is 8.53. The lowest BCUT2D eigenvalue weighted by atomic mass is 10.1. The van der Waals surface area contributed by atoms with Gasteiger partial charge in [-0.25, -0.2) is 4.39 Å². The van der Waals surface area contributed by atoms with Gasteiger partial charge in [-0.15, -0.1) is 0 Å². The lowest BCUT2D eigenvalue weighted by Crippen LogP contribution is -2.35. The molecule has 1 fully saturated rings. The number of fused-ring (bicyclic) bond motifs is 4. The molecule has 3 aromatic carbocycles. The van der Waals surface area contributed by atoms with Gasteiger partial charge in [0.05, 0.1) is 32.9 Å². The number of carbonyl (C=O) groups is 1. The Labute approximate surface area is 260 Å². The summed E-state index contributed by atoms with van der Waals surface area (Å²) >= 11 is 0. The lowest BCUT2D eigenvalue weighted by molar-refractivity contribution is -0.384. The molecule has 0 unspecified atom stereocenters. The summed E-state index contributed by atoms with van der Waals surface area (Å²) in [6.45, 7) is 2.07. The molecule has 7 rings (SSSR count). The molecular weight excluding hydrogens is 597 g/mol. The van der Waals surface area contributed by atoms with E-state index in [1.54, 1.807) is 22.6 Å². The fourth-order valence-corrected chi connectivity index (χ4v) is 6.13. The Hall–Kier alpha value is -5.21. The minimum absolute atomic E-state index is 0.0108. The zero-order valence-electron chi connectivity index (χ0n) is 25.3. The van der Waals surface area contributed by atoms with E-state index in [4.69, 9.17) is 14.6 Å². The van der Waals surface area contributed by atoms with Crippen LogP contribution in [0.4, 0.5) is 15.8 Å². The van der Waals surface area contributed by atoms with E-state index in [1.165, 1.54) is 23.2 Å². The molecule has 46 heavy (non-hydrogen) atoms. The number of rotatable bonds is 8. The highest BCUT2D eigenvalue weighted by Crippen LogP contribution is 2.36. The molecular formula is C32H32FN7O6. The van der Waals surface area contributed by atoms with Crippen LogP contribution in [0.25, 0.3) is 49.8 Å². The number of carbonyl (C=O) groups excluding carboxylic acids is 1. The van der Waals surface area contributed by atoms with Crippen LogP contribution >= 0.6 is 0 Å². The van der Waals surface area contributed by atoms with E-state index >= 15 is 4.39 Å². The number of aromatic nitrogens is 2. The van der Waals surface area contributed by atoms with Crippen molar-refractivity contribution >= 4 is 67.1 Å². The van der Waals surface area contributed by atoms with Crippen molar-refractivity contribution < 1.29 is 22.9 Å². The second-order valence-electron chi connectivity index (χ2n) is 12.0. The van der Waals surface area contributed by atoms with Crippen molar-refractivity contribution in [3.8, 4) is 0 Å². The summed E-state index contributed by atoms with van der Waals surface area (Å²) in [5, 5.41) is 14.5. The third-order valence-corrected chi connectivity index (χ3v) is 8.47. The second-order valence-corrected chi connectivity index (χ2v) is 12.0. The molecule has 4 N–H and O–H groups in total. The topological polar surface area (TPSA) is 168 Å². The Morgan fingerprint density at radius 2 is 1.96 bits per heavy atom. The van der Waals surface area contributed by atoms with E-state index in [0.29, 0.717) is 59.3 Å². The number of unbranched alkanes of at least 4 members (excludes halogenated alkanes) is 1. The number of nitro benzene ring substituents is 1. The number of nitrogens with one attached hydrogen (secondary N) is 2. The van der Waals surface area contributed by atoms with Crippen LogP contribution in [0.1, 0.15) is 29.6 Å². The summed E-state index contributed by atoms with van der Waals surface area (Å²) in [5.41, 5.74) is 8.09. The van der Waals surface area contributed by atoms with Gasteiger partial charge < -0.3 is 39.1 Å². The van der Waals surface area contributed by atoms with Crippen LogP contribution in [0.5, 0.6) is 0 Å². The maximum atomic E-state index is 15.8. The fourth-order valence-electron chi connectivity index (χ4n) is 6.13. The van der Waals surface area contributed by atoms with Crippen LogP contribution in [0.2, 0.25) is 0 Å². The number of anilines is 1. The monoisotopic (exact) mass is 629 g/mol. The molecule has 1 amide bonds. The van der Waals surface area contributed by atoms with Gasteiger partial charge in [-0.1, -0.05) is 0 Å². The molecule has 1 aliphatic heterocycles. The first-order valence-electron chi connectivity index (χ1n) is 15.0. The molecule has 6 aromatic rings. The molecule has 1 atom stereocenters. The average Bonchev–Trinajstić information content (AvgIpc) is 3.46. The summed E-state index contributed by atoms with van der Waals surface area (Å²) < 4.78 is 29.9. The second kappa shape index (κ2) is 11.3. The first-order valence-corrected chi connectivity index (χ1v) is 15.0. The molecule has 1 aliphatic rings. The lowest BCUT2D eigenvalue weighted by Gasteiger charge is -2.19. The summed E-state index contributed by atoms with van der Waals surface area (Å²) in [7, 11) is 3.98. The Morgan fingerprint density at radius 1 is 1.15 bits per heavy atom. The quantitative estimate of drug-likeness (QED) is 0.0693. The Morgan fingerprint density at radius 3 is 2.70 bits per heavy atom. The van der Waals surface area contributed by atoms with Gasteiger partial charge in [-0.2, -0.15) is 0 Å². The van der Waals surface area contributed by atoms with Crippen LogP contribution < -0.4 is 16.5 Å². The van der Waals surface area contributed by atoms with Gasteiger partial charge in [0.1, 0.15) is 16.8 Å². The number of nitrogens with two attached hydrogens (primary N) is 1. The largest absolute Gasteiger partial charge is 0.453 e. The molecule has 14 heteroatoms. The van der Waals surface area contributed by atoms with E-state index in [0.717, 1.165) is 25.5 Å². The number of benzene rings is 3. The first kappa shape index (κ1) is 29.5. The SMILES string of the molecule is CN(C)CCCCNc1c(F)cc2c(=O)c(C(=O)N3CC[C@H](N)C3)cn3c4cc5oc6cc([N+](=O)[O-])ccc6[nH]c5cc4oc1c23. The van der Waals surface area contributed by atoms with Crippen molar-refractivity contribution in [3.63, 3.8) is 0 Å². The van der Waals surface area contributed by atoms with Crippen molar-refractivity contribution in [1.82, 2.24) is 19.2 Å². The number of aromatic amines is 1. The normalized spacial score (nSPS) is 15.3. The number of H-pyrrole nitrogens is 1. The van der Waals surface area contributed by atoms with Gasteiger partial charge in [0.25, 0.3) is 11.6 Å². The van der Waals surface area contributed by atoms with Crippen LogP contribution in [0.15, 0.2) is 56.2 Å². The number of halogens is 1. The Kier molecular flexibility index (Phi) is 7.25. The summed E-state index contributed by atoms with van der Waals surface area (Å²) in [4.78, 5) is 45.1. The van der Waals surface area contributed by atoms with Crippen molar-refractivity contribution in [2.45, 2.75) is 25.3 Å². The third kappa shape index (κ3) is 5.04. The van der Waals surface area contributed by atoms with Gasteiger partial charge in [0, 0.05) is 50.1 Å². The zero-order chi connectivity index (χ0) is 32.3. The maximum absolute atomic E-state index is 15.8. The van der Waals surface area contributed by atoms with Crippen LogP contribution in [-0.2, 0) is 0 Å². The molecule has 0 saturated carbocycles. The zero-order valence-corrected chi connectivity index (χ0v) is 25.3. The van der Waals surface area contributed by atoms with Gasteiger partial charge in [-0.3, -0.25) is 19.7 Å². The fraction of sp³-hybridized carbons (Fsp3) is 0.312. The minimum atomic E-state index is -0.676. The first-order chi connectivity index (χ1) is 22.1. The number of nitro groups is 1. The number of hydrogen-bond donors (Lipinski definition) is 3. The summed E-state index contributed by atoms with van der Waals surface area (Å²) in [5.74, 6) is -1.16. The van der Waals surface area contributed by atoms with Gasteiger partial charge in [-0.05, 0) is 52.0 Å². The molecule has 0 bridgehead atoms. The maximum Gasteiger partial charge on any atom is 0.273 e. The number of nitrogens with zero attached hydrogens (tertiary/aromatic N) is 4. The highest BCUT2D eigenvalue weighted by molar-refractivity contribution is 6.07. The van der Waals surface area contributed by atoms with E-state index in [9.17, 15) is 19.7 Å². The van der Waals surface area contributed by atoms with Gasteiger partial charge >= 0.3 is 0 Å². The van der Waals surface area contributed by atoms with Gasteiger partial charge in [0.2, 0.25) is 5.43 Å². The number of amides is 1. The van der Waals surface area contributed by atoms with Crippen molar-refractivity contribution in [1.29, 1.82) is 0 Å². The molecule has 0 aliphatic carbocycles. The predicted octanol–water partition coefficient (Wildman–Crippen LogP) is 4.96. The van der Waals surface area contributed by atoms with E-state index in [2.05, 4.69) is 15.2 Å². The third-order valence-electron chi connectivity index (χ3n) is 8.47. The standard InChI is InChI=1S/C32H32FN7O6/c1-37(2)9-4-3-8-35-28-21(33)12-19-29-31(28)46-27-13-23-26(45-25-11-18(40(43)44)5-6-22(25)36-23)14-24(27)39(29)16-20(30(19)41)32(42)38-10-7-17(34)15-38/h5-6,11-14,16-17,35-36H,3-4,7-10,15,34H2,1-2H3/t17-/m0/s1. The Balaban J connectivity index is 1.47. The highest BCUT2D eigenvalue weighted by Gasteiger charge is 2.29. The molecule has 0 radical (unpaired) electrons. The van der Waals surface area contributed by atoms with Crippen molar-refractivity contribution in [2.75, 3.05) is 45.6 Å². The van der Waals surface area contributed by atoms with Crippen LogP contribution in [0, 0.1) is 15.9 Å². The number of likely N-dealkylation sites (tertiary alicyclic amines) is 1. The number of pyridine rings is 1. The predicted molar refractivity (Wildman–Crippen MR) is 173 cm³/mol. The molecule has 13 nitrogen and oxygen atoms in total. The Bertz CT molecular complexity index is 2280. The molecule has 1 saturated heterocycles. The number of hydrogen-bond acceptors (Lipinski definition) is 9. The minimum Gasteiger partial charge on any atom is -0.453 e. The average molecular weight is 630 g/mol. The van der Waals surface area contributed by atoms with Gasteiger partial charge in [0.15, 0.2) is 28.1 Å². The van der Waals surface area contributed by atoms with Crippen LogP contribution in [0.3, 0.4) is 0 Å². The molecule has 3 aromatic heterocycles. The van der Waals surface area contributed by atoms with E-state index in [1.807, 2.05) is 14.1 Å². The molecule has 0 spiro atoms. The number of non-ortho nitro benzene ring substituents is 1. The van der Waals surface area contributed by atoms with E-state index < -0.39 is 22.1 Å². The molecule has 4 heterocycles. The van der Waals surface area contributed by atoms with Crippen molar-refractivity contribution in [2.24, 2.45) is 5.73 Å².